The van der Waals surface area contributed by atoms with Crippen molar-refractivity contribution in [2.45, 2.75) is 25.3 Å². The Labute approximate surface area is 159 Å². The van der Waals surface area contributed by atoms with Gasteiger partial charge in [-0.15, -0.1) is 11.3 Å². The molecule has 0 radical (unpaired) electrons. The molecule has 1 aliphatic carbocycles. The number of carboxylic acid groups (broad SMARTS) is 1. The summed E-state index contributed by atoms with van der Waals surface area (Å²) in [6.07, 6.45) is 6.09. The Kier molecular flexibility index (Phi) is 4.72. The van der Waals surface area contributed by atoms with Crippen molar-refractivity contribution in [3.8, 4) is 16.3 Å². The number of aliphatic carboxylic acids is 1. The van der Waals surface area contributed by atoms with Gasteiger partial charge in [-0.05, 0) is 24.5 Å². The van der Waals surface area contributed by atoms with Crippen LogP contribution in [0, 0.1) is 5.92 Å². The van der Waals surface area contributed by atoms with Crippen LogP contribution in [-0.2, 0) is 4.79 Å². The Hall–Kier alpha value is -3.00. The van der Waals surface area contributed by atoms with Gasteiger partial charge in [0.25, 0.3) is 5.91 Å². The van der Waals surface area contributed by atoms with Crippen LogP contribution in [0.4, 0.5) is 0 Å². The lowest BCUT2D eigenvalue weighted by atomic mass is 10.1. The second-order valence-corrected chi connectivity index (χ2v) is 7.45. The third kappa shape index (κ3) is 4.06. The van der Waals surface area contributed by atoms with Gasteiger partial charge in [0.1, 0.15) is 16.7 Å². The number of carboxylic acids is 1. The third-order valence-electron chi connectivity index (χ3n) is 4.46. The Balaban J connectivity index is 1.47. The molecule has 7 nitrogen and oxygen atoms in total. The van der Waals surface area contributed by atoms with Crippen molar-refractivity contribution in [3.05, 3.63) is 53.8 Å². The number of rotatable bonds is 7. The fraction of sp³-hybridized carbons (Fsp3) is 0.263. The zero-order valence-corrected chi connectivity index (χ0v) is 15.2. The van der Waals surface area contributed by atoms with Crippen LogP contribution in [0.1, 0.15) is 29.8 Å². The van der Waals surface area contributed by atoms with E-state index >= 15 is 0 Å². The Morgan fingerprint density at radius 1 is 1.30 bits per heavy atom. The van der Waals surface area contributed by atoms with Gasteiger partial charge in [-0.3, -0.25) is 4.79 Å². The average molecular weight is 382 g/mol. The van der Waals surface area contributed by atoms with Crippen LogP contribution < -0.4 is 5.32 Å². The number of thiazole rings is 1. The number of hydrogen-bond donors (Lipinski definition) is 2. The van der Waals surface area contributed by atoms with Crippen molar-refractivity contribution in [3.63, 3.8) is 0 Å². The SMILES string of the molecule is O=C(NC(CC1CC1)C(=O)O)c1csc(-c2cnn(-c3ccccc3)c2)n1. The lowest BCUT2D eigenvalue weighted by Crippen LogP contribution is -2.41. The minimum absolute atomic E-state index is 0.226. The maximum absolute atomic E-state index is 12.4. The molecule has 1 aliphatic rings. The first-order chi connectivity index (χ1) is 13.1. The summed E-state index contributed by atoms with van der Waals surface area (Å²) >= 11 is 1.33. The maximum atomic E-state index is 12.4. The number of benzene rings is 1. The van der Waals surface area contributed by atoms with Crippen molar-refractivity contribution in [1.29, 1.82) is 0 Å². The van der Waals surface area contributed by atoms with E-state index in [0.29, 0.717) is 17.3 Å². The highest BCUT2D eigenvalue weighted by Crippen LogP contribution is 2.33. The number of nitrogens with zero attached hydrogens (tertiary/aromatic N) is 3. The number of aromatic nitrogens is 3. The summed E-state index contributed by atoms with van der Waals surface area (Å²) in [5.74, 6) is -1.06. The first-order valence-corrected chi connectivity index (χ1v) is 9.58. The van der Waals surface area contributed by atoms with Crippen LogP contribution in [-0.4, -0.2) is 37.8 Å². The second-order valence-electron chi connectivity index (χ2n) is 6.59. The van der Waals surface area contributed by atoms with Gasteiger partial charge < -0.3 is 10.4 Å². The molecule has 1 fully saturated rings. The summed E-state index contributed by atoms with van der Waals surface area (Å²) < 4.78 is 1.74. The number of carbonyl (C=O) groups excluding carboxylic acids is 1. The van der Waals surface area contributed by atoms with E-state index in [1.807, 2.05) is 36.5 Å². The molecule has 0 aliphatic heterocycles. The molecule has 27 heavy (non-hydrogen) atoms. The van der Waals surface area contributed by atoms with E-state index in [0.717, 1.165) is 24.1 Å². The Bertz CT molecular complexity index is 962. The molecule has 0 saturated heterocycles. The van der Waals surface area contributed by atoms with E-state index < -0.39 is 17.9 Å². The number of nitrogens with one attached hydrogen (secondary N) is 1. The molecule has 1 aromatic carbocycles. The van der Waals surface area contributed by atoms with Crippen LogP contribution in [0.25, 0.3) is 16.3 Å². The molecule has 8 heteroatoms. The van der Waals surface area contributed by atoms with Gasteiger partial charge in [-0.1, -0.05) is 31.0 Å². The predicted octanol–water partition coefficient (Wildman–Crippen LogP) is 2.98. The molecular weight excluding hydrogens is 364 g/mol. The molecular formula is C19H18N4O3S. The largest absolute Gasteiger partial charge is 0.480 e. The highest BCUT2D eigenvalue weighted by atomic mass is 32.1. The van der Waals surface area contributed by atoms with Crippen LogP contribution in [0.3, 0.4) is 0 Å². The number of para-hydroxylation sites is 1. The van der Waals surface area contributed by atoms with Gasteiger partial charge in [-0.2, -0.15) is 5.10 Å². The Morgan fingerprint density at radius 3 is 2.78 bits per heavy atom. The lowest BCUT2D eigenvalue weighted by Gasteiger charge is -2.12. The maximum Gasteiger partial charge on any atom is 0.326 e. The van der Waals surface area contributed by atoms with Crippen LogP contribution >= 0.6 is 11.3 Å². The molecule has 4 rings (SSSR count). The molecule has 2 heterocycles. The van der Waals surface area contributed by atoms with Crippen molar-refractivity contribution in [2.75, 3.05) is 0 Å². The minimum atomic E-state index is -1.00. The van der Waals surface area contributed by atoms with Gasteiger partial charge >= 0.3 is 5.97 Å². The summed E-state index contributed by atoms with van der Waals surface area (Å²) in [5, 5.41) is 18.5. The molecule has 2 aromatic heterocycles. The fourth-order valence-electron chi connectivity index (χ4n) is 2.81. The van der Waals surface area contributed by atoms with Crippen LogP contribution in [0.5, 0.6) is 0 Å². The smallest absolute Gasteiger partial charge is 0.326 e. The quantitative estimate of drug-likeness (QED) is 0.655. The van der Waals surface area contributed by atoms with E-state index in [-0.39, 0.29) is 5.69 Å². The van der Waals surface area contributed by atoms with Crippen molar-refractivity contribution >= 4 is 23.2 Å². The predicted molar refractivity (Wildman–Crippen MR) is 101 cm³/mol. The number of amides is 1. The standard InChI is InChI=1S/C19H18N4O3S/c24-17(21-15(19(25)26)8-12-6-7-12)16-11-27-18(22-16)13-9-20-23(10-13)14-4-2-1-3-5-14/h1-5,9-12,15H,6-8H2,(H,21,24)(H,25,26). The van der Waals surface area contributed by atoms with Crippen LogP contribution in [0.2, 0.25) is 0 Å². The van der Waals surface area contributed by atoms with Crippen molar-refractivity contribution < 1.29 is 14.7 Å². The van der Waals surface area contributed by atoms with E-state index in [2.05, 4.69) is 15.4 Å². The average Bonchev–Trinajstić information content (AvgIpc) is 3.16. The summed E-state index contributed by atoms with van der Waals surface area (Å²) in [6.45, 7) is 0. The molecule has 138 valence electrons. The highest BCUT2D eigenvalue weighted by Gasteiger charge is 2.30. The molecule has 3 aromatic rings. The van der Waals surface area contributed by atoms with Gasteiger partial charge in [0, 0.05) is 17.1 Å². The molecule has 0 bridgehead atoms. The van der Waals surface area contributed by atoms with Gasteiger partial charge in [-0.25, -0.2) is 14.5 Å². The minimum Gasteiger partial charge on any atom is -0.480 e. The Morgan fingerprint density at radius 2 is 2.07 bits per heavy atom. The molecule has 1 saturated carbocycles. The third-order valence-corrected chi connectivity index (χ3v) is 5.35. The van der Waals surface area contributed by atoms with Crippen molar-refractivity contribution in [2.24, 2.45) is 5.92 Å². The second kappa shape index (κ2) is 7.32. The summed E-state index contributed by atoms with van der Waals surface area (Å²) in [6, 6.07) is 8.84. The molecule has 0 spiro atoms. The van der Waals surface area contributed by atoms with Gasteiger partial charge in [0.15, 0.2) is 0 Å². The highest BCUT2D eigenvalue weighted by molar-refractivity contribution is 7.13. The zero-order valence-electron chi connectivity index (χ0n) is 14.4. The van der Waals surface area contributed by atoms with Crippen LogP contribution in [0.15, 0.2) is 48.1 Å². The van der Waals surface area contributed by atoms with E-state index in [1.165, 1.54) is 11.3 Å². The molecule has 2 N–H and O–H groups in total. The normalized spacial score (nSPS) is 14.7. The molecule has 1 unspecified atom stereocenters. The number of hydrogen-bond acceptors (Lipinski definition) is 5. The van der Waals surface area contributed by atoms with Gasteiger partial charge in [0.2, 0.25) is 0 Å². The van der Waals surface area contributed by atoms with Crippen molar-refractivity contribution in [1.82, 2.24) is 20.1 Å². The monoisotopic (exact) mass is 382 g/mol. The molecule has 1 amide bonds. The topological polar surface area (TPSA) is 97.1 Å². The fourth-order valence-corrected chi connectivity index (χ4v) is 3.58. The van der Waals surface area contributed by atoms with E-state index in [9.17, 15) is 14.7 Å². The first-order valence-electron chi connectivity index (χ1n) is 8.70. The summed E-state index contributed by atoms with van der Waals surface area (Å²) in [7, 11) is 0. The number of carbonyl (C=O) groups is 2. The summed E-state index contributed by atoms with van der Waals surface area (Å²) in [5.41, 5.74) is 1.96. The zero-order chi connectivity index (χ0) is 18.8. The van der Waals surface area contributed by atoms with Gasteiger partial charge in [0.05, 0.1) is 11.9 Å². The summed E-state index contributed by atoms with van der Waals surface area (Å²) in [4.78, 5) is 28.1. The lowest BCUT2D eigenvalue weighted by molar-refractivity contribution is -0.139. The first kappa shape index (κ1) is 17.4. The van der Waals surface area contributed by atoms with E-state index in [1.54, 1.807) is 16.3 Å². The van der Waals surface area contributed by atoms with E-state index in [4.69, 9.17) is 0 Å². The molecule has 1 atom stereocenters.